The highest BCUT2D eigenvalue weighted by molar-refractivity contribution is 6.03. The summed E-state index contributed by atoms with van der Waals surface area (Å²) in [5.74, 6) is -0.0117. The van der Waals surface area contributed by atoms with E-state index in [0.717, 1.165) is 11.1 Å². The smallest absolute Gasteiger partial charge is 0.171 e. The first-order valence-corrected chi connectivity index (χ1v) is 6.33. The van der Waals surface area contributed by atoms with E-state index in [9.17, 15) is 9.90 Å². The van der Waals surface area contributed by atoms with Crippen LogP contribution in [0.3, 0.4) is 0 Å². The van der Waals surface area contributed by atoms with E-state index in [1.54, 1.807) is 12.1 Å². The van der Waals surface area contributed by atoms with Crippen molar-refractivity contribution in [2.24, 2.45) is 5.41 Å². The van der Waals surface area contributed by atoms with Crippen LogP contribution in [0.2, 0.25) is 0 Å². The molecule has 0 aromatic heterocycles. The summed E-state index contributed by atoms with van der Waals surface area (Å²) in [5.41, 5.74) is 1.84. The Morgan fingerprint density at radius 2 is 1.58 bits per heavy atom. The lowest BCUT2D eigenvalue weighted by atomic mass is 9.85. The minimum atomic E-state index is -0.507. The molecule has 2 aromatic rings. The third-order valence-electron chi connectivity index (χ3n) is 3.03. The van der Waals surface area contributed by atoms with Gasteiger partial charge < -0.3 is 5.11 Å². The minimum absolute atomic E-state index is 0.0413. The van der Waals surface area contributed by atoms with E-state index >= 15 is 0 Å². The number of phenolic OH excluding ortho intramolecular Hbond substituents is 1. The van der Waals surface area contributed by atoms with Crippen molar-refractivity contribution in [3.8, 4) is 16.9 Å². The topological polar surface area (TPSA) is 37.3 Å². The highest BCUT2D eigenvalue weighted by atomic mass is 16.3. The Kier molecular flexibility index (Phi) is 3.43. The number of benzene rings is 2. The number of ketones is 1. The summed E-state index contributed by atoms with van der Waals surface area (Å²) in [6.07, 6.45) is 0. The molecule has 0 unspecified atom stereocenters. The van der Waals surface area contributed by atoms with Gasteiger partial charge in [-0.25, -0.2) is 0 Å². The normalized spacial score (nSPS) is 11.3. The SMILES string of the molecule is CC(C)(C)C(=O)c1cc(-c2ccccc2)ccc1O. The van der Waals surface area contributed by atoms with Crippen LogP contribution < -0.4 is 0 Å². The van der Waals surface area contributed by atoms with Gasteiger partial charge in [-0.15, -0.1) is 0 Å². The molecule has 0 aliphatic rings. The van der Waals surface area contributed by atoms with E-state index in [0.29, 0.717) is 5.56 Å². The van der Waals surface area contributed by atoms with Crippen molar-refractivity contribution in [3.05, 3.63) is 54.1 Å². The predicted molar refractivity (Wildman–Crippen MR) is 77.3 cm³/mol. The molecule has 0 radical (unpaired) electrons. The van der Waals surface area contributed by atoms with Crippen molar-refractivity contribution in [2.45, 2.75) is 20.8 Å². The second-order valence-corrected chi connectivity index (χ2v) is 5.68. The van der Waals surface area contributed by atoms with Crippen LogP contribution in [0.15, 0.2) is 48.5 Å². The van der Waals surface area contributed by atoms with Crippen LogP contribution in [-0.2, 0) is 0 Å². The quantitative estimate of drug-likeness (QED) is 0.812. The summed E-state index contributed by atoms with van der Waals surface area (Å²) in [6, 6.07) is 15.0. The van der Waals surface area contributed by atoms with E-state index in [-0.39, 0.29) is 11.5 Å². The van der Waals surface area contributed by atoms with Crippen molar-refractivity contribution in [1.82, 2.24) is 0 Å². The van der Waals surface area contributed by atoms with E-state index < -0.39 is 5.41 Å². The van der Waals surface area contributed by atoms with E-state index in [2.05, 4.69) is 0 Å². The largest absolute Gasteiger partial charge is 0.507 e. The van der Waals surface area contributed by atoms with Crippen LogP contribution in [0.5, 0.6) is 5.75 Å². The second-order valence-electron chi connectivity index (χ2n) is 5.68. The van der Waals surface area contributed by atoms with Crippen molar-refractivity contribution >= 4 is 5.78 Å². The molecule has 0 aliphatic heterocycles. The zero-order valence-corrected chi connectivity index (χ0v) is 11.5. The molecular weight excluding hydrogens is 236 g/mol. The maximum Gasteiger partial charge on any atom is 0.171 e. The minimum Gasteiger partial charge on any atom is -0.507 e. The fraction of sp³-hybridized carbons (Fsp3) is 0.235. The summed E-state index contributed by atoms with van der Waals surface area (Å²) in [4.78, 5) is 12.3. The molecule has 1 N–H and O–H groups in total. The zero-order chi connectivity index (χ0) is 14.0. The first-order valence-electron chi connectivity index (χ1n) is 6.33. The monoisotopic (exact) mass is 254 g/mol. The van der Waals surface area contributed by atoms with Crippen LogP contribution in [0.1, 0.15) is 31.1 Å². The number of carbonyl (C=O) groups excluding carboxylic acids is 1. The molecule has 98 valence electrons. The number of carbonyl (C=O) groups is 1. The number of rotatable bonds is 2. The first kappa shape index (κ1) is 13.3. The standard InChI is InChI=1S/C17H18O2/c1-17(2,3)16(19)14-11-13(9-10-15(14)18)12-7-5-4-6-8-12/h4-11,18H,1-3H3. The van der Waals surface area contributed by atoms with Gasteiger partial charge in [0, 0.05) is 5.41 Å². The molecule has 0 fully saturated rings. The van der Waals surface area contributed by atoms with Gasteiger partial charge in [0.1, 0.15) is 5.75 Å². The molecule has 2 aromatic carbocycles. The van der Waals surface area contributed by atoms with Crippen molar-refractivity contribution in [1.29, 1.82) is 0 Å². The Morgan fingerprint density at radius 3 is 2.16 bits per heavy atom. The lowest BCUT2D eigenvalue weighted by molar-refractivity contribution is 0.0855. The van der Waals surface area contributed by atoms with E-state index in [1.807, 2.05) is 57.2 Å². The summed E-state index contributed by atoms with van der Waals surface area (Å²) >= 11 is 0. The molecule has 0 saturated heterocycles. The van der Waals surface area contributed by atoms with Crippen LogP contribution in [0, 0.1) is 5.41 Å². The summed E-state index contributed by atoms with van der Waals surface area (Å²) < 4.78 is 0. The van der Waals surface area contributed by atoms with Gasteiger partial charge in [0.25, 0.3) is 0 Å². The zero-order valence-electron chi connectivity index (χ0n) is 11.5. The van der Waals surface area contributed by atoms with Gasteiger partial charge in [0.15, 0.2) is 5.78 Å². The fourth-order valence-corrected chi connectivity index (χ4v) is 1.93. The van der Waals surface area contributed by atoms with Gasteiger partial charge in [0.05, 0.1) is 5.56 Å². The van der Waals surface area contributed by atoms with Crippen LogP contribution in [-0.4, -0.2) is 10.9 Å². The summed E-state index contributed by atoms with van der Waals surface area (Å²) in [6.45, 7) is 5.55. The Bertz CT molecular complexity index is 592. The second kappa shape index (κ2) is 4.88. The molecule has 2 rings (SSSR count). The molecule has 0 amide bonds. The molecule has 0 saturated carbocycles. The number of aromatic hydroxyl groups is 1. The van der Waals surface area contributed by atoms with Gasteiger partial charge in [-0.2, -0.15) is 0 Å². The third-order valence-corrected chi connectivity index (χ3v) is 3.03. The lowest BCUT2D eigenvalue weighted by Crippen LogP contribution is -2.20. The Morgan fingerprint density at radius 1 is 0.947 bits per heavy atom. The average Bonchev–Trinajstić information content (AvgIpc) is 2.38. The third kappa shape index (κ3) is 2.84. The van der Waals surface area contributed by atoms with Crippen LogP contribution in [0.25, 0.3) is 11.1 Å². The van der Waals surface area contributed by atoms with E-state index in [4.69, 9.17) is 0 Å². The van der Waals surface area contributed by atoms with Crippen LogP contribution >= 0.6 is 0 Å². The number of phenols is 1. The first-order chi connectivity index (χ1) is 8.89. The lowest BCUT2D eigenvalue weighted by Gasteiger charge is -2.18. The van der Waals surface area contributed by atoms with Gasteiger partial charge in [-0.1, -0.05) is 57.2 Å². The maximum atomic E-state index is 12.3. The molecule has 0 aliphatic carbocycles. The van der Waals surface area contributed by atoms with Crippen molar-refractivity contribution < 1.29 is 9.90 Å². The number of hydrogen-bond acceptors (Lipinski definition) is 2. The molecule has 19 heavy (non-hydrogen) atoms. The number of Topliss-reactive ketones (excluding diaryl/α,β-unsaturated/α-hetero) is 1. The molecule has 2 nitrogen and oxygen atoms in total. The Balaban J connectivity index is 2.50. The Labute approximate surface area is 113 Å². The molecule has 0 spiro atoms. The summed E-state index contributed by atoms with van der Waals surface area (Å²) in [7, 11) is 0. The molecule has 0 atom stereocenters. The van der Waals surface area contributed by atoms with Gasteiger partial charge in [-0.3, -0.25) is 4.79 Å². The van der Waals surface area contributed by atoms with Crippen molar-refractivity contribution in [3.63, 3.8) is 0 Å². The van der Waals surface area contributed by atoms with Gasteiger partial charge >= 0.3 is 0 Å². The van der Waals surface area contributed by atoms with E-state index in [1.165, 1.54) is 0 Å². The Hall–Kier alpha value is -2.09. The highest BCUT2D eigenvalue weighted by Crippen LogP contribution is 2.30. The number of hydrogen-bond donors (Lipinski definition) is 1. The highest BCUT2D eigenvalue weighted by Gasteiger charge is 2.25. The maximum absolute atomic E-state index is 12.3. The fourth-order valence-electron chi connectivity index (χ4n) is 1.93. The van der Waals surface area contributed by atoms with Gasteiger partial charge in [0.2, 0.25) is 0 Å². The van der Waals surface area contributed by atoms with Crippen molar-refractivity contribution in [2.75, 3.05) is 0 Å². The van der Waals surface area contributed by atoms with Crippen LogP contribution in [0.4, 0.5) is 0 Å². The molecule has 0 heterocycles. The molecule has 2 heteroatoms. The average molecular weight is 254 g/mol. The molecule has 0 bridgehead atoms. The summed E-state index contributed by atoms with van der Waals surface area (Å²) in [5, 5.41) is 9.89. The predicted octanol–water partition coefficient (Wildman–Crippen LogP) is 4.29. The van der Waals surface area contributed by atoms with Gasteiger partial charge in [-0.05, 0) is 23.3 Å². The molecular formula is C17H18O2.